The van der Waals surface area contributed by atoms with Crippen LogP contribution in [0, 0.1) is 0 Å². The average Bonchev–Trinajstić information content (AvgIpc) is 2.56. The van der Waals surface area contributed by atoms with E-state index in [1.54, 1.807) is 0 Å². The first-order valence-electron chi connectivity index (χ1n) is 6.39. The molecule has 0 saturated heterocycles. The first-order chi connectivity index (χ1) is 8.88. The fraction of sp³-hybridized carbons (Fsp3) is 0.588. The third-order valence-corrected chi connectivity index (χ3v) is 2.16. The molecular formula is C17H32N2O3. The Kier molecular flexibility index (Phi) is 10.5. The zero-order valence-corrected chi connectivity index (χ0v) is 13.1. The van der Waals surface area contributed by atoms with Gasteiger partial charge in [0.25, 0.3) is 11.8 Å². The summed E-state index contributed by atoms with van der Waals surface area (Å²) < 4.78 is 0. The van der Waals surface area contributed by atoms with Crippen LogP contribution in [-0.4, -0.2) is 33.7 Å². The monoisotopic (exact) mass is 312 g/mol. The molecule has 0 saturated carbocycles. The summed E-state index contributed by atoms with van der Waals surface area (Å²) in [6.07, 6.45) is 3.87. The van der Waals surface area contributed by atoms with Gasteiger partial charge in [-0.05, 0) is 47.6 Å². The second kappa shape index (κ2) is 9.18. The molecule has 1 N–H and O–H groups in total. The second-order valence-corrected chi connectivity index (χ2v) is 6.46. The largest absolute Gasteiger partial charge is 0.348 e. The predicted octanol–water partition coefficient (Wildman–Crippen LogP) is 3.07. The number of carbonyl (C=O) groups is 3. The highest BCUT2D eigenvalue weighted by atomic mass is 16.2. The van der Waals surface area contributed by atoms with E-state index in [-0.39, 0.29) is 38.1 Å². The molecule has 128 valence electrons. The van der Waals surface area contributed by atoms with Crippen LogP contribution in [0.3, 0.4) is 0 Å². The van der Waals surface area contributed by atoms with Crippen molar-refractivity contribution in [2.75, 3.05) is 0 Å². The van der Waals surface area contributed by atoms with Crippen molar-refractivity contribution < 1.29 is 14.4 Å². The molecule has 0 spiro atoms. The third-order valence-electron chi connectivity index (χ3n) is 2.16. The number of carbonyl (C=O) groups excluding carboxylic acids is 3. The Balaban J connectivity index is -0.000000307. The minimum Gasteiger partial charge on any atom is -0.348 e. The summed E-state index contributed by atoms with van der Waals surface area (Å²) in [5.74, 6) is -0.562. The van der Waals surface area contributed by atoms with Crippen LogP contribution in [0.2, 0.25) is 0 Å². The summed E-state index contributed by atoms with van der Waals surface area (Å²) in [6, 6.07) is 0. The molecule has 5 nitrogen and oxygen atoms in total. The Morgan fingerprint density at radius 2 is 1.41 bits per heavy atom. The molecule has 0 radical (unpaired) electrons. The third kappa shape index (κ3) is 9.10. The van der Waals surface area contributed by atoms with Crippen LogP contribution in [0.25, 0.3) is 0 Å². The van der Waals surface area contributed by atoms with Gasteiger partial charge in [0.2, 0.25) is 5.91 Å². The van der Waals surface area contributed by atoms with Gasteiger partial charge in [0, 0.05) is 23.2 Å². The lowest BCUT2D eigenvalue weighted by atomic mass is 10.1. The van der Waals surface area contributed by atoms with Crippen molar-refractivity contribution in [3.05, 3.63) is 24.8 Å². The maximum Gasteiger partial charge on any atom is 0.254 e. The molecule has 1 heterocycles. The smallest absolute Gasteiger partial charge is 0.254 e. The molecule has 0 atom stereocenters. The number of nitrogens with zero attached hydrogens (tertiary/aromatic N) is 1. The van der Waals surface area contributed by atoms with Crippen molar-refractivity contribution in [3.8, 4) is 0 Å². The zero-order chi connectivity index (χ0) is 16.1. The van der Waals surface area contributed by atoms with Gasteiger partial charge in [-0.2, -0.15) is 0 Å². The van der Waals surface area contributed by atoms with Crippen LogP contribution in [0.1, 0.15) is 56.4 Å². The first-order valence-corrected chi connectivity index (χ1v) is 6.39. The number of hydrogen-bond acceptors (Lipinski definition) is 3. The zero-order valence-electron chi connectivity index (χ0n) is 13.1. The van der Waals surface area contributed by atoms with Crippen molar-refractivity contribution in [2.24, 2.45) is 0 Å². The van der Waals surface area contributed by atoms with Crippen LogP contribution in [0.5, 0.6) is 0 Å². The molecule has 5 heteroatoms. The van der Waals surface area contributed by atoms with E-state index in [0.29, 0.717) is 0 Å². The maximum atomic E-state index is 11.0. The predicted molar refractivity (Wildman–Crippen MR) is 92.3 cm³/mol. The summed E-state index contributed by atoms with van der Waals surface area (Å²) in [7, 11) is 0. The van der Waals surface area contributed by atoms with E-state index in [2.05, 4.69) is 11.9 Å². The van der Waals surface area contributed by atoms with Gasteiger partial charge in [-0.1, -0.05) is 21.4 Å². The van der Waals surface area contributed by atoms with Crippen molar-refractivity contribution in [3.63, 3.8) is 0 Å². The van der Waals surface area contributed by atoms with E-state index < -0.39 is 5.54 Å². The van der Waals surface area contributed by atoms with Gasteiger partial charge in [-0.3, -0.25) is 19.3 Å². The quantitative estimate of drug-likeness (QED) is 0.598. The fourth-order valence-electron chi connectivity index (χ4n) is 1.48. The molecule has 0 aromatic heterocycles. The van der Waals surface area contributed by atoms with Crippen LogP contribution >= 0.6 is 0 Å². The fourth-order valence-corrected chi connectivity index (χ4v) is 1.48. The van der Waals surface area contributed by atoms with E-state index >= 15 is 0 Å². The van der Waals surface area contributed by atoms with Gasteiger partial charge >= 0.3 is 0 Å². The van der Waals surface area contributed by atoms with Crippen molar-refractivity contribution >= 4 is 17.7 Å². The summed E-state index contributed by atoms with van der Waals surface area (Å²) in [4.78, 5) is 33.9. The van der Waals surface area contributed by atoms with Crippen molar-refractivity contribution in [1.82, 2.24) is 10.2 Å². The Morgan fingerprint density at radius 3 is 1.55 bits per heavy atom. The Bertz CT molecular complexity index is 420. The molecule has 0 unspecified atom stereocenters. The minimum atomic E-state index is -0.405. The van der Waals surface area contributed by atoms with Gasteiger partial charge in [0.15, 0.2) is 0 Å². The van der Waals surface area contributed by atoms with Gasteiger partial charge in [-0.25, -0.2) is 0 Å². The topological polar surface area (TPSA) is 66.5 Å². The Morgan fingerprint density at radius 1 is 1.05 bits per heavy atom. The SMILES string of the molecule is C.C.C=CC(=O)NC(C)(C)C.CC(C)(C)N1C(=O)C=CC1=O. The van der Waals surface area contributed by atoms with Gasteiger partial charge in [0.1, 0.15) is 0 Å². The highest BCUT2D eigenvalue weighted by Gasteiger charge is 2.33. The number of hydrogen-bond donors (Lipinski definition) is 1. The lowest BCUT2D eigenvalue weighted by molar-refractivity contribution is -0.142. The summed E-state index contributed by atoms with van der Waals surface area (Å²) in [5.41, 5.74) is -0.553. The van der Waals surface area contributed by atoms with E-state index in [4.69, 9.17) is 0 Å². The van der Waals surface area contributed by atoms with E-state index in [1.807, 2.05) is 41.5 Å². The summed E-state index contributed by atoms with van der Waals surface area (Å²) in [5, 5.41) is 2.71. The van der Waals surface area contributed by atoms with Gasteiger partial charge in [-0.15, -0.1) is 0 Å². The van der Waals surface area contributed by atoms with Crippen LogP contribution in [0.4, 0.5) is 0 Å². The Hall–Kier alpha value is -1.91. The molecule has 0 aromatic rings. The normalized spacial score (nSPS) is 13.5. The first kappa shape index (κ1) is 25.1. The highest BCUT2D eigenvalue weighted by molar-refractivity contribution is 6.13. The van der Waals surface area contributed by atoms with Crippen LogP contribution in [0.15, 0.2) is 24.8 Å². The standard InChI is InChI=1S/C8H11NO2.C7H13NO.2CH4/c1-8(2,3)9-6(10)4-5-7(9)11;1-5-6(9)8-7(2,3)4;;/h4-5H,1-3H3;5H,1H2,2-4H3,(H,8,9);2*1H4. The molecule has 1 aliphatic heterocycles. The Labute approximate surface area is 135 Å². The number of amides is 3. The molecular weight excluding hydrogens is 280 g/mol. The van der Waals surface area contributed by atoms with Crippen molar-refractivity contribution in [2.45, 2.75) is 67.5 Å². The molecule has 22 heavy (non-hydrogen) atoms. The summed E-state index contributed by atoms with van der Waals surface area (Å²) >= 11 is 0. The van der Waals surface area contributed by atoms with E-state index in [9.17, 15) is 14.4 Å². The van der Waals surface area contributed by atoms with E-state index in [1.165, 1.54) is 23.1 Å². The molecule has 0 fully saturated rings. The number of imide groups is 1. The number of nitrogens with one attached hydrogen (secondary N) is 1. The number of rotatable bonds is 1. The highest BCUT2D eigenvalue weighted by Crippen LogP contribution is 2.17. The second-order valence-electron chi connectivity index (χ2n) is 6.46. The molecule has 0 aromatic carbocycles. The van der Waals surface area contributed by atoms with Gasteiger partial charge in [0.05, 0.1) is 0 Å². The molecule has 0 aliphatic carbocycles. The molecule has 1 rings (SSSR count). The maximum absolute atomic E-state index is 11.0. The van der Waals surface area contributed by atoms with E-state index in [0.717, 1.165) is 0 Å². The average molecular weight is 312 g/mol. The molecule has 0 bridgehead atoms. The molecule has 1 aliphatic rings. The van der Waals surface area contributed by atoms with Crippen LogP contribution in [-0.2, 0) is 14.4 Å². The minimum absolute atomic E-state index is 0. The lowest BCUT2D eigenvalue weighted by Crippen LogP contribution is -2.45. The lowest BCUT2D eigenvalue weighted by Gasteiger charge is -2.29. The van der Waals surface area contributed by atoms with Crippen molar-refractivity contribution in [1.29, 1.82) is 0 Å². The molecule has 3 amide bonds. The van der Waals surface area contributed by atoms with Crippen LogP contribution < -0.4 is 5.32 Å². The van der Waals surface area contributed by atoms with Gasteiger partial charge < -0.3 is 5.32 Å². The summed E-state index contributed by atoms with van der Waals surface area (Å²) in [6.45, 7) is 14.6.